The van der Waals surface area contributed by atoms with Crippen LogP contribution in [0.3, 0.4) is 0 Å². The zero-order valence-corrected chi connectivity index (χ0v) is 5.18. The van der Waals surface area contributed by atoms with Crippen LogP contribution in [0.2, 0.25) is 0 Å². The summed E-state index contributed by atoms with van der Waals surface area (Å²) < 4.78 is 0. The first-order valence-electron chi connectivity index (χ1n) is 2.68. The van der Waals surface area contributed by atoms with Gasteiger partial charge in [-0.05, 0) is 0 Å². The number of oxime groups is 1. The van der Waals surface area contributed by atoms with Gasteiger partial charge in [0, 0.05) is 0 Å². The summed E-state index contributed by atoms with van der Waals surface area (Å²) in [6.07, 6.45) is 0.383. The van der Waals surface area contributed by atoms with Crippen molar-refractivity contribution in [2.45, 2.75) is 6.42 Å². The Labute approximate surface area is 52.9 Å². The van der Waals surface area contributed by atoms with E-state index in [1.165, 1.54) is 7.11 Å². The molecular formula is C5H8N2O2. The van der Waals surface area contributed by atoms with E-state index < -0.39 is 0 Å². The number of carbonyl (C=O) groups excluding carboxylic acids is 1. The molecule has 9 heavy (non-hydrogen) atoms. The van der Waals surface area contributed by atoms with E-state index in [1.807, 2.05) is 0 Å². The molecule has 0 bridgehead atoms. The van der Waals surface area contributed by atoms with Gasteiger partial charge in [0.25, 0.3) is 0 Å². The van der Waals surface area contributed by atoms with Crippen molar-refractivity contribution in [3.63, 3.8) is 0 Å². The van der Waals surface area contributed by atoms with Gasteiger partial charge in [-0.2, -0.15) is 0 Å². The van der Waals surface area contributed by atoms with Crippen molar-refractivity contribution in [2.75, 3.05) is 13.7 Å². The molecule has 0 aromatic rings. The second-order valence-electron chi connectivity index (χ2n) is 1.79. The summed E-state index contributed by atoms with van der Waals surface area (Å²) in [5, 5.41) is 6.21. The van der Waals surface area contributed by atoms with E-state index >= 15 is 0 Å². The van der Waals surface area contributed by atoms with E-state index in [-0.39, 0.29) is 5.91 Å². The Hall–Kier alpha value is -1.06. The number of hydrogen-bond acceptors (Lipinski definition) is 3. The van der Waals surface area contributed by atoms with Crippen LogP contribution in [0.4, 0.5) is 0 Å². The van der Waals surface area contributed by atoms with E-state index in [0.717, 1.165) is 5.71 Å². The molecule has 0 atom stereocenters. The van der Waals surface area contributed by atoms with Crippen LogP contribution in [0.25, 0.3) is 0 Å². The van der Waals surface area contributed by atoms with Crippen molar-refractivity contribution in [2.24, 2.45) is 5.16 Å². The summed E-state index contributed by atoms with van der Waals surface area (Å²) in [5.41, 5.74) is 0.766. The van der Waals surface area contributed by atoms with Crippen LogP contribution in [-0.2, 0) is 9.63 Å². The van der Waals surface area contributed by atoms with Crippen LogP contribution in [0, 0.1) is 0 Å². The highest BCUT2D eigenvalue weighted by Crippen LogP contribution is 1.94. The summed E-state index contributed by atoms with van der Waals surface area (Å²) in [6, 6.07) is 0. The number of rotatable bonds is 1. The van der Waals surface area contributed by atoms with Crippen LogP contribution in [0.15, 0.2) is 5.16 Å². The fourth-order valence-corrected chi connectivity index (χ4v) is 0.705. The zero-order valence-electron chi connectivity index (χ0n) is 5.18. The van der Waals surface area contributed by atoms with Crippen molar-refractivity contribution in [1.82, 2.24) is 5.32 Å². The lowest BCUT2D eigenvalue weighted by Crippen LogP contribution is -2.13. The maximum absolute atomic E-state index is 10.5. The van der Waals surface area contributed by atoms with E-state index in [2.05, 4.69) is 15.3 Å². The van der Waals surface area contributed by atoms with E-state index in [4.69, 9.17) is 0 Å². The van der Waals surface area contributed by atoms with Gasteiger partial charge in [-0.15, -0.1) is 0 Å². The molecule has 1 aliphatic heterocycles. The highest BCUT2D eigenvalue weighted by molar-refractivity contribution is 6.07. The minimum Gasteiger partial charge on any atom is -0.399 e. The molecule has 0 spiro atoms. The molecule has 0 aliphatic carbocycles. The number of amides is 1. The number of carbonyl (C=O) groups is 1. The fourth-order valence-electron chi connectivity index (χ4n) is 0.705. The molecule has 1 heterocycles. The van der Waals surface area contributed by atoms with Gasteiger partial charge < -0.3 is 10.2 Å². The third kappa shape index (κ3) is 1.42. The van der Waals surface area contributed by atoms with Crippen molar-refractivity contribution in [3.8, 4) is 0 Å². The third-order valence-electron chi connectivity index (χ3n) is 1.07. The maximum atomic E-state index is 10.5. The normalized spacial score (nSPS) is 22.3. The highest BCUT2D eigenvalue weighted by Gasteiger charge is 2.15. The van der Waals surface area contributed by atoms with Crippen LogP contribution in [0.5, 0.6) is 0 Å². The molecule has 0 unspecified atom stereocenters. The van der Waals surface area contributed by atoms with Gasteiger partial charge in [0.2, 0.25) is 5.91 Å². The quantitative estimate of drug-likeness (QED) is 0.484. The molecule has 0 radical (unpaired) electrons. The zero-order chi connectivity index (χ0) is 6.69. The van der Waals surface area contributed by atoms with Gasteiger partial charge in [0.15, 0.2) is 0 Å². The van der Waals surface area contributed by atoms with Crippen LogP contribution < -0.4 is 5.32 Å². The minimum absolute atomic E-state index is 0.0193. The molecule has 4 heteroatoms. The Morgan fingerprint density at radius 2 is 2.56 bits per heavy atom. The van der Waals surface area contributed by atoms with Crippen molar-refractivity contribution >= 4 is 11.6 Å². The monoisotopic (exact) mass is 128 g/mol. The molecule has 50 valence electrons. The lowest BCUT2D eigenvalue weighted by Gasteiger charge is -1.87. The number of nitrogens with zero attached hydrogens (tertiary/aromatic N) is 1. The third-order valence-corrected chi connectivity index (χ3v) is 1.07. The highest BCUT2D eigenvalue weighted by atomic mass is 16.6. The van der Waals surface area contributed by atoms with E-state index in [0.29, 0.717) is 13.0 Å². The molecule has 1 amide bonds. The summed E-state index contributed by atoms with van der Waals surface area (Å²) in [7, 11) is 1.47. The van der Waals surface area contributed by atoms with Crippen LogP contribution >= 0.6 is 0 Å². The topological polar surface area (TPSA) is 50.7 Å². The Kier molecular flexibility index (Phi) is 1.67. The Bertz CT molecular complexity index is 153. The number of hydrogen-bond donors (Lipinski definition) is 1. The van der Waals surface area contributed by atoms with Gasteiger partial charge in [-0.25, -0.2) is 0 Å². The predicted molar refractivity (Wildman–Crippen MR) is 32.1 cm³/mol. The average Bonchev–Trinajstić information content (AvgIpc) is 2.17. The Morgan fingerprint density at radius 3 is 3.00 bits per heavy atom. The predicted octanol–water partition coefficient (Wildman–Crippen LogP) is -0.491. The molecule has 1 N–H and O–H groups in total. The van der Waals surface area contributed by atoms with Crippen LogP contribution in [0.1, 0.15) is 6.42 Å². The van der Waals surface area contributed by atoms with E-state index in [1.54, 1.807) is 0 Å². The smallest absolute Gasteiger partial charge is 0.226 e. The van der Waals surface area contributed by atoms with Gasteiger partial charge in [0.05, 0.1) is 18.7 Å². The van der Waals surface area contributed by atoms with E-state index in [9.17, 15) is 4.79 Å². The molecule has 0 aromatic heterocycles. The lowest BCUT2D eigenvalue weighted by molar-refractivity contribution is -0.118. The summed E-state index contributed by atoms with van der Waals surface area (Å²) in [5.74, 6) is 0.0193. The molecule has 4 nitrogen and oxygen atoms in total. The molecular weight excluding hydrogens is 120 g/mol. The maximum Gasteiger partial charge on any atom is 0.226 e. The SMILES string of the molecule is CON=C1CNC(=O)C1. The average molecular weight is 128 g/mol. The van der Waals surface area contributed by atoms with Gasteiger partial charge in [-0.3, -0.25) is 4.79 Å². The molecule has 1 fully saturated rings. The second kappa shape index (κ2) is 2.48. The van der Waals surface area contributed by atoms with Crippen LogP contribution in [-0.4, -0.2) is 25.3 Å². The first-order chi connectivity index (χ1) is 4.33. The molecule has 0 aromatic carbocycles. The minimum atomic E-state index is 0.0193. The largest absolute Gasteiger partial charge is 0.399 e. The molecule has 0 saturated carbocycles. The van der Waals surface area contributed by atoms with Crippen molar-refractivity contribution < 1.29 is 9.63 Å². The van der Waals surface area contributed by atoms with Gasteiger partial charge in [-0.1, -0.05) is 5.16 Å². The Balaban J connectivity index is 2.47. The van der Waals surface area contributed by atoms with Crippen molar-refractivity contribution in [1.29, 1.82) is 0 Å². The second-order valence-corrected chi connectivity index (χ2v) is 1.79. The lowest BCUT2D eigenvalue weighted by atomic mass is 10.3. The first-order valence-corrected chi connectivity index (χ1v) is 2.68. The molecule has 1 aliphatic rings. The Morgan fingerprint density at radius 1 is 1.78 bits per heavy atom. The first kappa shape index (κ1) is 6.07. The standard InChI is InChI=1S/C5H8N2O2/c1-9-7-4-2-5(8)6-3-4/h2-3H2,1H3,(H,6,8). The van der Waals surface area contributed by atoms with Gasteiger partial charge >= 0.3 is 0 Å². The molecule has 1 saturated heterocycles. The fraction of sp³-hybridized carbons (Fsp3) is 0.600. The van der Waals surface area contributed by atoms with Crippen molar-refractivity contribution in [3.05, 3.63) is 0 Å². The number of nitrogens with one attached hydrogen (secondary N) is 1. The summed E-state index contributed by atoms with van der Waals surface area (Å²) in [6.45, 7) is 0.534. The summed E-state index contributed by atoms with van der Waals surface area (Å²) >= 11 is 0. The van der Waals surface area contributed by atoms with Gasteiger partial charge in [0.1, 0.15) is 7.11 Å². The molecule has 1 rings (SSSR count). The summed E-state index contributed by atoms with van der Waals surface area (Å²) in [4.78, 5) is 15.0.